The maximum atomic E-state index is 12.3. The van der Waals surface area contributed by atoms with Crippen LogP contribution in [0.1, 0.15) is 30.4 Å². The van der Waals surface area contributed by atoms with Crippen LogP contribution < -0.4 is 15.4 Å². The minimum absolute atomic E-state index is 0. The van der Waals surface area contributed by atoms with Crippen molar-refractivity contribution in [3.63, 3.8) is 0 Å². The monoisotopic (exact) mass is 557 g/mol. The van der Waals surface area contributed by atoms with Crippen LogP contribution in [0.2, 0.25) is 0 Å². The Kier molecular flexibility index (Phi) is 10.1. The van der Waals surface area contributed by atoms with E-state index in [1.807, 2.05) is 6.07 Å². The molecule has 2 aromatic carbocycles. The highest BCUT2D eigenvalue weighted by atomic mass is 127. The molecule has 1 saturated carbocycles. The molecule has 0 atom stereocenters. The molecule has 2 N–H and O–H groups in total. The quantitative estimate of drug-likeness (QED) is 0.200. The summed E-state index contributed by atoms with van der Waals surface area (Å²) < 4.78 is 30.7. The molecular weight excluding hydrogens is 525 g/mol. The normalized spacial score (nSPS) is 13.9. The van der Waals surface area contributed by atoms with Crippen molar-refractivity contribution in [1.82, 2.24) is 10.6 Å². The van der Waals surface area contributed by atoms with Crippen LogP contribution in [0.5, 0.6) is 5.75 Å². The van der Waals surface area contributed by atoms with Crippen LogP contribution in [0.15, 0.2) is 58.4 Å². The smallest absolute Gasteiger partial charge is 0.191 e. The fourth-order valence-electron chi connectivity index (χ4n) is 3.05. The number of sulfone groups is 1. The minimum atomic E-state index is -3.26. The number of hydrogen-bond donors (Lipinski definition) is 2. The molecule has 0 amide bonds. The average molecular weight is 557 g/mol. The molecule has 170 valence electrons. The Labute approximate surface area is 202 Å². The molecule has 0 bridgehead atoms. The highest BCUT2D eigenvalue weighted by Gasteiger charge is 2.22. The lowest BCUT2D eigenvalue weighted by atomic mass is 10.1. The van der Waals surface area contributed by atoms with Crippen molar-refractivity contribution < 1.29 is 13.2 Å². The number of aryl methyl sites for hydroxylation is 1. The third kappa shape index (κ3) is 8.33. The maximum absolute atomic E-state index is 12.3. The van der Waals surface area contributed by atoms with Gasteiger partial charge in [-0.05, 0) is 55.9 Å². The number of nitrogens with zero attached hydrogens (tertiary/aromatic N) is 1. The van der Waals surface area contributed by atoms with Gasteiger partial charge in [-0.2, -0.15) is 0 Å². The van der Waals surface area contributed by atoms with Crippen LogP contribution in [0.4, 0.5) is 0 Å². The number of aliphatic imine (C=N–C) groups is 1. The summed E-state index contributed by atoms with van der Waals surface area (Å²) in [6.45, 7) is 3.94. The van der Waals surface area contributed by atoms with Crippen molar-refractivity contribution >= 4 is 39.8 Å². The Bertz CT molecular complexity index is 961. The molecule has 1 aliphatic rings. The van der Waals surface area contributed by atoms with Gasteiger partial charge in [0.2, 0.25) is 0 Å². The molecule has 1 aliphatic carbocycles. The SMILES string of the molecule is CN=C(NCCCS(=O)(=O)c1ccccc1)NCc1ccc(C)cc1OCC1CC1.I. The van der Waals surface area contributed by atoms with E-state index in [1.165, 1.54) is 18.4 Å². The molecule has 0 saturated heterocycles. The number of nitrogens with one attached hydrogen (secondary N) is 2. The molecule has 0 spiro atoms. The molecule has 0 heterocycles. The van der Waals surface area contributed by atoms with E-state index in [0.717, 1.165) is 17.9 Å². The summed E-state index contributed by atoms with van der Waals surface area (Å²) >= 11 is 0. The molecule has 1 fully saturated rings. The van der Waals surface area contributed by atoms with Crippen LogP contribution in [0.25, 0.3) is 0 Å². The second-order valence-corrected chi connectivity index (χ2v) is 9.81. The first-order valence-electron chi connectivity index (χ1n) is 10.4. The molecule has 6 nitrogen and oxygen atoms in total. The van der Waals surface area contributed by atoms with Gasteiger partial charge >= 0.3 is 0 Å². The Balaban J connectivity index is 0.00000341. The molecule has 0 radical (unpaired) electrons. The largest absolute Gasteiger partial charge is 0.493 e. The van der Waals surface area contributed by atoms with Crippen LogP contribution in [-0.4, -0.2) is 40.3 Å². The third-order valence-electron chi connectivity index (χ3n) is 5.05. The molecule has 2 aromatic rings. The number of ether oxygens (including phenoxy) is 1. The highest BCUT2D eigenvalue weighted by Crippen LogP contribution is 2.30. The maximum Gasteiger partial charge on any atom is 0.191 e. The molecule has 0 unspecified atom stereocenters. The minimum Gasteiger partial charge on any atom is -0.493 e. The zero-order chi connectivity index (χ0) is 21.4. The van der Waals surface area contributed by atoms with Crippen molar-refractivity contribution in [3.05, 3.63) is 59.7 Å². The Morgan fingerprint density at radius 1 is 1.13 bits per heavy atom. The lowest BCUT2D eigenvalue weighted by Gasteiger charge is -2.15. The first-order valence-corrected chi connectivity index (χ1v) is 12.1. The molecular formula is C23H32IN3O3S. The van der Waals surface area contributed by atoms with Crippen molar-refractivity contribution in [3.8, 4) is 5.75 Å². The first-order chi connectivity index (χ1) is 14.5. The van der Waals surface area contributed by atoms with Gasteiger partial charge in [0.1, 0.15) is 5.75 Å². The predicted octanol–water partition coefficient (Wildman–Crippen LogP) is 3.93. The average Bonchev–Trinajstić information content (AvgIpc) is 3.58. The number of hydrogen-bond acceptors (Lipinski definition) is 4. The summed E-state index contributed by atoms with van der Waals surface area (Å²) in [5, 5.41) is 6.48. The van der Waals surface area contributed by atoms with Crippen molar-refractivity contribution in [2.24, 2.45) is 10.9 Å². The topological polar surface area (TPSA) is 79.8 Å². The van der Waals surface area contributed by atoms with Gasteiger partial charge < -0.3 is 15.4 Å². The van der Waals surface area contributed by atoms with Gasteiger partial charge in [-0.15, -0.1) is 24.0 Å². The molecule has 0 aromatic heterocycles. The number of halogens is 1. The van der Waals surface area contributed by atoms with Crippen molar-refractivity contribution in [2.45, 2.75) is 37.6 Å². The standard InChI is InChI=1S/C23H31N3O3S.HI/c1-18-9-12-20(22(15-18)29-17-19-10-11-19)16-26-23(24-2)25-13-6-14-30(27,28)21-7-4-3-5-8-21;/h3-5,7-9,12,15,19H,6,10-11,13-14,16-17H2,1-2H3,(H2,24,25,26);1H. The van der Waals surface area contributed by atoms with Gasteiger partial charge in [0.15, 0.2) is 15.8 Å². The number of rotatable bonds is 10. The predicted molar refractivity (Wildman–Crippen MR) is 136 cm³/mol. The van der Waals surface area contributed by atoms with Crippen LogP contribution in [-0.2, 0) is 16.4 Å². The van der Waals surface area contributed by atoms with E-state index in [-0.39, 0.29) is 29.7 Å². The fourth-order valence-corrected chi connectivity index (χ4v) is 4.38. The van der Waals surface area contributed by atoms with E-state index in [1.54, 1.807) is 31.3 Å². The summed E-state index contributed by atoms with van der Waals surface area (Å²) in [4.78, 5) is 4.60. The van der Waals surface area contributed by atoms with E-state index in [2.05, 4.69) is 40.7 Å². The summed E-state index contributed by atoms with van der Waals surface area (Å²) in [5.41, 5.74) is 2.25. The van der Waals surface area contributed by atoms with Gasteiger partial charge in [-0.25, -0.2) is 8.42 Å². The fraction of sp³-hybridized carbons (Fsp3) is 0.435. The van der Waals surface area contributed by atoms with Crippen molar-refractivity contribution in [1.29, 1.82) is 0 Å². The van der Waals surface area contributed by atoms with Gasteiger partial charge in [-0.1, -0.05) is 30.3 Å². The summed E-state index contributed by atoms with van der Waals surface area (Å²) in [6.07, 6.45) is 3.02. The van der Waals surface area contributed by atoms with Crippen LogP contribution in [0.3, 0.4) is 0 Å². The molecule has 8 heteroatoms. The molecule has 0 aliphatic heterocycles. The highest BCUT2D eigenvalue weighted by molar-refractivity contribution is 14.0. The second kappa shape index (κ2) is 12.3. The molecule has 31 heavy (non-hydrogen) atoms. The molecule has 3 rings (SSSR count). The third-order valence-corrected chi connectivity index (χ3v) is 6.87. The summed E-state index contributed by atoms with van der Waals surface area (Å²) in [6, 6.07) is 14.8. The Morgan fingerprint density at radius 2 is 1.87 bits per heavy atom. The van der Waals surface area contributed by atoms with E-state index in [4.69, 9.17) is 4.74 Å². The number of guanidine groups is 1. The van der Waals surface area contributed by atoms with E-state index in [9.17, 15) is 8.42 Å². The first kappa shape index (κ1) is 25.5. The van der Waals surface area contributed by atoms with Gasteiger partial charge in [0.05, 0.1) is 17.3 Å². The van der Waals surface area contributed by atoms with Crippen LogP contribution >= 0.6 is 24.0 Å². The van der Waals surface area contributed by atoms with Crippen molar-refractivity contribution in [2.75, 3.05) is 26.0 Å². The second-order valence-electron chi connectivity index (χ2n) is 7.70. The van der Waals surface area contributed by atoms with Gasteiger partial charge in [0, 0.05) is 25.7 Å². The van der Waals surface area contributed by atoms with E-state index in [0.29, 0.717) is 36.3 Å². The van der Waals surface area contributed by atoms with E-state index < -0.39 is 9.84 Å². The zero-order valence-electron chi connectivity index (χ0n) is 18.1. The zero-order valence-corrected chi connectivity index (χ0v) is 21.3. The van der Waals surface area contributed by atoms with Gasteiger partial charge in [0.25, 0.3) is 0 Å². The lowest BCUT2D eigenvalue weighted by molar-refractivity contribution is 0.296. The Hall–Kier alpha value is -1.81. The Morgan fingerprint density at radius 3 is 2.55 bits per heavy atom. The number of benzene rings is 2. The summed E-state index contributed by atoms with van der Waals surface area (Å²) in [5.74, 6) is 2.35. The summed E-state index contributed by atoms with van der Waals surface area (Å²) in [7, 11) is -1.55. The van der Waals surface area contributed by atoms with Gasteiger partial charge in [-0.3, -0.25) is 4.99 Å². The van der Waals surface area contributed by atoms with Crippen LogP contribution in [0, 0.1) is 12.8 Å². The lowest BCUT2D eigenvalue weighted by Crippen LogP contribution is -2.37. The van der Waals surface area contributed by atoms with E-state index >= 15 is 0 Å².